The summed E-state index contributed by atoms with van der Waals surface area (Å²) in [6, 6.07) is 14.4. The van der Waals surface area contributed by atoms with Crippen molar-refractivity contribution in [3.63, 3.8) is 0 Å². The first-order valence-corrected chi connectivity index (χ1v) is 9.46. The molecular weight excluding hydrogens is 351 g/mol. The van der Waals surface area contributed by atoms with Crippen LogP contribution in [0.2, 0.25) is 0 Å². The second-order valence-electron chi connectivity index (χ2n) is 6.31. The lowest BCUT2D eigenvalue weighted by molar-refractivity contribution is 0.103. The van der Waals surface area contributed by atoms with Gasteiger partial charge in [0.05, 0.1) is 16.7 Å². The van der Waals surface area contributed by atoms with Crippen LogP contribution in [0.15, 0.2) is 48.5 Å². The van der Waals surface area contributed by atoms with Crippen LogP contribution in [-0.2, 0) is 4.74 Å². The van der Waals surface area contributed by atoms with Crippen LogP contribution in [0, 0.1) is 5.82 Å². The maximum absolute atomic E-state index is 14.3. The highest BCUT2D eigenvalue weighted by atomic mass is 32.1. The molecular formula is C20H19FN2O2S. The summed E-state index contributed by atoms with van der Waals surface area (Å²) in [6.45, 7) is 1.36. The highest BCUT2D eigenvalue weighted by molar-refractivity contribution is 7.20. The number of carbonyl (C=O) groups excluding carboxylic acids is 1. The van der Waals surface area contributed by atoms with E-state index in [-0.39, 0.29) is 12.0 Å². The van der Waals surface area contributed by atoms with E-state index in [0.29, 0.717) is 22.8 Å². The van der Waals surface area contributed by atoms with Crippen molar-refractivity contribution in [2.24, 2.45) is 0 Å². The van der Waals surface area contributed by atoms with Gasteiger partial charge in [-0.2, -0.15) is 0 Å². The standard InChI is InChI=1S/C20H19FN2O2S/c21-16-11-14(7-8-17(16)22-12-15-5-3-9-25-15)23-20(24)19-10-13-4-1-2-6-18(13)26-19/h1-2,4,6-8,10-11,15,22H,3,5,9,12H2,(H,23,24). The third kappa shape index (κ3) is 3.71. The molecule has 0 aliphatic carbocycles. The maximum Gasteiger partial charge on any atom is 0.265 e. The predicted molar refractivity (Wildman–Crippen MR) is 104 cm³/mol. The third-order valence-corrected chi connectivity index (χ3v) is 5.54. The zero-order valence-electron chi connectivity index (χ0n) is 14.1. The number of amides is 1. The molecule has 0 bridgehead atoms. The molecule has 1 atom stereocenters. The van der Waals surface area contributed by atoms with Crippen LogP contribution in [-0.4, -0.2) is 25.2 Å². The van der Waals surface area contributed by atoms with Crippen molar-refractivity contribution in [3.05, 3.63) is 59.2 Å². The molecule has 1 fully saturated rings. The van der Waals surface area contributed by atoms with Crippen LogP contribution >= 0.6 is 11.3 Å². The molecule has 0 saturated carbocycles. The number of rotatable bonds is 5. The highest BCUT2D eigenvalue weighted by Gasteiger charge is 2.16. The molecule has 134 valence electrons. The van der Waals surface area contributed by atoms with Crippen molar-refractivity contribution in [2.45, 2.75) is 18.9 Å². The van der Waals surface area contributed by atoms with Crippen LogP contribution in [0.1, 0.15) is 22.5 Å². The molecule has 2 N–H and O–H groups in total. The second-order valence-corrected chi connectivity index (χ2v) is 7.40. The first-order chi connectivity index (χ1) is 12.7. The summed E-state index contributed by atoms with van der Waals surface area (Å²) in [6.07, 6.45) is 2.19. The van der Waals surface area contributed by atoms with Gasteiger partial charge in [-0.1, -0.05) is 18.2 Å². The Morgan fingerprint density at radius 2 is 2.12 bits per heavy atom. The number of thiophene rings is 1. The largest absolute Gasteiger partial charge is 0.380 e. The molecule has 2 aromatic carbocycles. The monoisotopic (exact) mass is 370 g/mol. The van der Waals surface area contributed by atoms with Gasteiger partial charge in [0.2, 0.25) is 0 Å². The van der Waals surface area contributed by atoms with E-state index in [1.165, 1.54) is 17.4 Å². The number of anilines is 2. The van der Waals surface area contributed by atoms with Gasteiger partial charge in [0, 0.05) is 23.5 Å². The molecule has 1 saturated heterocycles. The summed E-state index contributed by atoms with van der Waals surface area (Å²) in [5, 5.41) is 6.87. The van der Waals surface area contributed by atoms with Gasteiger partial charge in [-0.3, -0.25) is 4.79 Å². The van der Waals surface area contributed by atoms with Crippen molar-refractivity contribution in [2.75, 3.05) is 23.8 Å². The molecule has 26 heavy (non-hydrogen) atoms. The SMILES string of the molecule is O=C(Nc1ccc(NCC2CCCO2)c(F)c1)c1cc2ccccc2s1. The van der Waals surface area contributed by atoms with E-state index in [4.69, 9.17) is 4.74 Å². The number of ether oxygens (including phenoxy) is 1. The number of halogens is 1. The van der Waals surface area contributed by atoms with Crippen molar-refractivity contribution in [1.29, 1.82) is 0 Å². The number of benzene rings is 2. The van der Waals surface area contributed by atoms with E-state index >= 15 is 0 Å². The summed E-state index contributed by atoms with van der Waals surface area (Å²) < 4.78 is 20.9. The maximum atomic E-state index is 14.3. The Bertz CT molecular complexity index is 901. The molecule has 3 aromatic rings. The fourth-order valence-corrected chi connectivity index (χ4v) is 4.01. The summed E-state index contributed by atoms with van der Waals surface area (Å²) in [5.74, 6) is -0.622. The number of hydrogen-bond donors (Lipinski definition) is 2. The Balaban J connectivity index is 1.42. The number of carbonyl (C=O) groups is 1. The number of fused-ring (bicyclic) bond motifs is 1. The Labute approximate surface area is 155 Å². The summed E-state index contributed by atoms with van der Waals surface area (Å²) >= 11 is 1.42. The molecule has 1 unspecified atom stereocenters. The first-order valence-electron chi connectivity index (χ1n) is 8.64. The summed E-state index contributed by atoms with van der Waals surface area (Å²) in [7, 11) is 0. The lowest BCUT2D eigenvalue weighted by Gasteiger charge is -2.13. The Morgan fingerprint density at radius 1 is 1.23 bits per heavy atom. The number of nitrogens with one attached hydrogen (secondary N) is 2. The van der Waals surface area contributed by atoms with Crippen molar-refractivity contribution in [1.82, 2.24) is 0 Å². The Morgan fingerprint density at radius 3 is 2.88 bits per heavy atom. The van der Waals surface area contributed by atoms with Crippen LogP contribution in [0.3, 0.4) is 0 Å². The van der Waals surface area contributed by atoms with Gasteiger partial charge in [-0.25, -0.2) is 4.39 Å². The Kier molecular flexibility index (Phi) is 4.86. The second kappa shape index (κ2) is 7.43. The quantitative estimate of drug-likeness (QED) is 0.673. The fraction of sp³-hybridized carbons (Fsp3) is 0.250. The van der Waals surface area contributed by atoms with Gasteiger partial charge in [0.25, 0.3) is 5.91 Å². The van der Waals surface area contributed by atoms with Gasteiger partial charge in [-0.05, 0) is 48.6 Å². The van der Waals surface area contributed by atoms with Gasteiger partial charge < -0.3 is 15.4 Å². The fourth-order valence-electron chi connectivity index (χ4n) is 3.05. The van der Waals surface area contributed by atoms with Crippen LogP contribution in [0.5, 0.6) is 0 Å². The third-order valence-electron chi connectivity index (χ3n) is 4.42. The van der Waals surface area contributed by atoms with E-state index in [2.05, 4.69) is 10.6 Å². The van der Waals surface area contributed by atoms with Crippen LogP contribution in [0.4, 0.5) is 15.8 Å². The minimum absolute atomic E-state index is 0.141. The van der Waals surface area contributed by atoms with Gasteiger partial charge >= 0.3 is 0 Å². The summed E-state index contributed by atoms with van der Waals surface area (Å²) in [5.41, 5.74) is 0.855. The minimum atomic E-state index is -0.392. The Hall–Kier alpha value is -2.44. The lowest BCUT2D eigenvalue weighted by atomic mass is 10.2. The first kappa shape index (κ1) is 17.0. The topological polar surface area (TPSA) is 50.4 Å². The minimum Gasteiger partial charge on any atom is -0.380 e. The van der Waals surface area contributed by atoms with Gasteiger partial charge in [0.15, 0.2) is 0 Å². The normalized spacial score (nSPS) is 16.7. The molecule has 6 heteroatoms. The lowest BCUT2D eigenvalue weighted by Crippen LogP contribution is -2.19. The molecule has 0 spiro atoms. The smallest absolute Gasteiger partial charge is 0.265 e. The van der Waals surface area contributed by atoms with E-state index in [0.717, 1.165) is 29.5 Å². The molecule has 0 radical (unpaired) electrons. The molecule has 1 aliphatic rings. The molecule has 2 heterocycles. The van der Waals surface area contributed by atoms with Crippen LogP contribution in [0.25, 0.3) is 10.1 Å². The molecule has 1 aliphatic heterocycles. The van der Waals surface area contributed by atoms with Gasteiger partial charge in [0.1, 0.15) is 5.82 Å². The van der Waals surface area contributed by atoms with E-state index in [1.54, 1.807) is 12.1 Å². The van der Waals surface area contributed by atoms with Gasteiger partial charge in [-0.15, -0.1) is 11.3 Å². The van der Waals surface area contributed by atoms with Crippen molar-refractivity contribution < 1.29 is 13.9 Å². The van der Waals surface area contributed by atoms with E-state index in [9.17, 15) is 9.18 Å². The zero-order chi connectivity index (χ0) is 17.9. The molecule has 1 aromatic heterocycles. The molecule has 4 nitrogen and oxygen atoms in total. The zero-order valence-corrected chi connectivity index (χ0v) is 14.9. The number of hydrogen-bond acceptors (Lipinski definition) is 4. The average Bonchev–Trinajstić information content (AvgIpc) is 3.30. The van der Waals surface area contributed by atoms with E-state index in [1.807, 2.05) is 30.3 Å². The van der Waals surface area contributed by atoms with Crippen molar-refractivity contribution >= 4 is 38.7 Å². The predicted octanol–water partition coefficient (Wildman–Crippen LogP) is 4.88. The van der Waals surface area contributed by atoms with E-state index < -0.39 is 5.82 Å². The van der Waals surface area contributed by atoms with Crippen molar-refractivity contribution in [3.8, 4) is 0 Å². The molecule has 1 amide bonds. The highest BCUT2D eigenvalue weighted by Crippen LogP contribution is 2.27. The summed E-state index contributed by atoms with van der Waals surface area (Å²) in [4.78, 5) is 13.0. The van der Waals surface area contributed by atoms with Crippen LogP contribution < -0.4 is 10.6 Å². The average molecular weight is 370 g/mol. The molecule has 4 rings (SSSR count).